The van der Waals surface area contributed by atoms with Crippen molar-refractivity contribution in [3.8, 4) is 23.0 Å². The number of hydrogen-bond donors (Lipinski definition) is 2. The van der Waals surface area contributed by atoms with Gasteiger partial charge in [0.15, 0.2) is 11.5 Å². The van der Waals surface area contributed by atoms with Gasteiger partial charge >= 0.3 is 6.03 Å². The minimum absolute atomic E-state index is 0.167. The molecule has 2 N–H and O–H groups in total. The second-order valence-corrected chi connectivity index (χ2v) is 9.74. The lowest BCUT2D eigenvalue weighted by molar-refractivity contribution is 0.196. The first-order chi connectivity index (χ1) is 16.3. The summed E-state index contributed by atoms with van der Waals surface area (Å²) in [5.74, 6) is 2.30. The van der Waals surface area contributed by atoms with Crippen molar-refractivity contribution in [2.45, 2.75) is 45.6 Å². The van der Waals surface area contributed by atoms with Gasteiger partial charge in [0.1, 0.15) is 11.5 Å². The molecule has 4 rings (SSSR count). The second kappa shape index (κ2) is 9.97. The number of aromatic nitrogens is 1. The Bertz CT molecular complexity index is 1200. The number of amides is 2. The van der Waals surface area contributed by atoms with Crippen molar-refractivity contribution in [2.24, 2.45) is 5.41 Å². The van der Waals surface area contributed by atoms with Gasteiger partial charge in [0, 0.05) is 29.8 Å². The number of nitrogens with zero attached hydrogens (tertiary/aromatic N) is 1. The van der Waals surface area contributed by atoms with Crippen LogP contribution < -0.4 is 24.8 Å². The van der Waals surface area contributed by atoms with Crippen molar-refractivity contribution in [3.05, 3.63) is 47.6 Å². The second-order valence-electron chi connectivity index (χ2n) is 9.33. The van der Waals surface area contributed by atoms with E-state index in [2.05, 4.69) is 29.5 Å². The summed E-state index contributed by atoms with van der Waals surface area (Å²) in [5.41, 5.74) is 1.48. The number of pyridine rings is 1. The van der Waals surface area contributed by atoms with Crippen LogP contribution in [0.3, 0.4) is 0 Å². The number of nitrogens with one attached hydrogen (secondary N) is 2. The van der Waals surface area contributed by atoms with Crippen LogP contribution in [0.2, 0.25) is 5.02 Å². The Morgan fingerprint density at radius 1 is 1.09 bits per heavy atom. The van der Waals surface area contributed by atoms with Gasteiger partial charge in [-0.2, -0.15) is 0 Å². The third-order valence-corrected chi connectivity index (χ3v) is 6.48. The molecule has 2 amide bonds. The summed E-state index contributed by atoms with van der Waals surface area (Å²) >= 11 is 6.46. The molecule has 1 fully saturated rings. The molecule has 0 bridgehead atoms. The number of urea groups is 1. The van der Waals surface area contributed by atoms with Gasteiger partial charge in [-0.25, -0.2) is 4.79 Å². The number of hydrogen-bond acceptors (Lipinski definition) is 5. The van der Waals surface area contributed by atoms with E-state index in [4.69, 9.17) is 25.8 Å². The van der Waals surface area contributed by atoms with Gasteiger partial charge in [-0.05, 0) is 48.9 Å². The van der Waals surface area contributed by atoms with Gasteiger partial charge in [-0.3, -0.25) is 4.98 Å². The van der Waals surface area contributed by atoms with Crippen LogP contribution in [0.4, 0.5) is 10.5 Å². The van der Waals surface area contributed by atoms with Crippen molar-refractivity contribution in [1.82, 2.24) is 10.3 Å². The molecule has 1 heterocycles. The number of anilines is 1. The van der Waals surface area contributed by atoms with Gasteiger partial charge in [-0.15, -0.1) is 0 Å². The van der Waals surface area contributed by atoms with E-state index in [9.17, 15) is 4.79 Å². The highest BCUT2D eigenvalue weighted by Crippen LogP contribution is 2.38. The number of ether oxygens (including phenoxy) is 3. The molecule has 1 aliphatic carbocycles. The molecule has 1 aliphatic rings. The number of carbonyl (C=O) groups is 1. The summed E-state index contributed by atoms with van der Waals surface area (Å²) in [4.78, 5) is 16.9. The van der Waals surface area contributed by atoms with Crippen LogP contribution in [0.5, 0.6) is 23.0 Å². The van der Waals surface area contributed by atoms with Crippen LogP contribution in [0.1, 0.15) is 39.5 Å². The number of halogens is 1. The molecule has 1 aromatic heterocycles. The monoisotopic (exact) mass is 483 g/mol. The minimum atomic E-state index is -0.251. The lowest BCUT2D eigenvalue weighted by Gasteiger charge is -2.35. The highest BCUT2D eigenvalue weighted by atomic mass is 35.5. The summed E-state index contributed by atoms with van der Waals surface area (Å²) in [6.07, 6.45) is 5.93. The molecule has 1 atom stereocenters. The Hall–Kier alpha value is -3.19. The molecule has 2 aromatic carbocycles. The topological polar surface area (TPSA) is 81.7 Å². The third-order valence-electron chi connectivity index (χ3n) is 6.16. The van der Waals surface area contributed by atoms with E-state index in [0.717, 1.165) is 24.6 Å². The van der Waals surface area contributed by atoms with Gasteiger partial charge < -0.3 is 24.8 Å². The van der Waals surface area contributed by atoms with E-state index >= 15 is 0 Å². The highest BCUT2D eigenvalue weighted by molar-refractivity contribution is 6.33. The number of rotatable bonds is 6. The largest absolute Gasteiger partial charge is 0.493 e. The summed E-state index contributed by atoms with van der Waals surface area (Å²) in [6, 6.07) is 10.5. The predicted octanol–water partition coefficient (Wildman–Crippen LogP) is 6.79. The van der Waals surface area contributed by atoms with Crippen molar-refractivity contribution in [3.63, 3.8) is 0 Å². The molecular formula is C26H30ClN3O4. The number of methoxy groups -OCH3 is 2. The average molecular weight is 484 g/mol. The lowest BCUT2D eigenvalue weighted by Crippen LogP contribution is -2.42. The van der Waals surface area contributed by atoms with Crippen molar-refractivity contribution in [2.75, 3.05) is 19.5 Å². The van der Waals surface area contributed by atoms with Gasteiger partial charge in [-0.1, -0.05) is 31.9 Å². The summed E-state index contributed by atoms with van der Waals surface area (Å²) in [5, 5.41) is 7.09. The molecule has 180 valence electrons. The van der Waals surface area contributed by atoms with E-state index in [1.54, 1.807) is 50.7 Å². The van der Waals surface area contributed by atoms with Crippen molar-refractivity contribution >= 4 is 34.2 Å². The molecule has 0 spiro atoms. The summed E-state index contributed by atoms with van der Waals surface area (Å²) < 4.78 is 16.9. The smallest absolute Gasteiger partial charge is 0.319 e. The van der Waals surface area contributed by atoms with E-state index in [1.807, 2.05) is 6.07 Å². The Kier molecular flexibility index (Phi) is 7.03. The molecule has 7 nitrogen and oxygen atoms in total. The van der Waals surface area contributed by atoms with Crippen LogP contribution in [-0.4, -0.2) is 31.3 Å². The van der Waals surface area contributed by atoms with Crippen LogP contribution >= 0.6 is 11.6 Å². The van der Waals surface area contributed by atoms with Crippen LogP contribution in [-0.2, 0) is 0 Å². The maximum atomic E-state index is 12.5. The standard InChI is InChI=1S/C26H30ClN3O4/c1-26(2)10-5-6-16(15-26)29-25(31)30-20-8-7-17(12-19(20)27)34-22-9-11-28-21-14-24(33-4)23(32-3)13-18(21)22/h7-9,11-14,16H,5-6,10,15H2,1-4H3,(H2,29,30,31). The minimum Gasteiger partial charge on any atom is -0.493 e. The molecule has 0 aliphatic heterocycles. The zero-order chi connectivity index (χ0) is 24.3. The van der Waals surface area contributed by atoms with Crippen molar-refractivity contribution < 1.29 is 19.0 Å². The maximum Gasteiger partial charge on any atom is 0.319 e. The predicted molar refractivity (Wildman–Crippen MR) is 135 cm³/mol. The Morgan fingerprint density at radius 2 is 1.85 bits per heavy atom. The number of carbonyl (C=O) groups excluding carboxylic acids is 1. The molecule has 1 unspecified atom stereocenters. The first-order valence-corrected chi connectivity index (χ1v) is 11.7. The fourth-order valence-electron chi connectivity index (χ4n) is 4.49. The van der Waals surface area contributed by atoms with Crippen LogP contribution in [0, 0.1) is 5.41 Å². The fourth-order valence-corrected chi connectivity index (χ4v) is 4.71. The van der Waals surface area contributed by atoms with E-state index in [-0.39, 0.29) is 17.5 Å². The maximum absolute atomic E-state index is 12.5. The Balaban J connectivity index is 1.47. The zero-order valence-electron chi connectivity index (χ0n) is 19.9. The Morgan fingerprint density at radius 3 is 2.56 bits per heavy atom. The van der Waals surface area contributed by atoms with E-state index < -0.39 is 0 Å². The van der Waals surface area contributed by atoms with E-state index in [1.165, 1.54) is 6.42 Å². The Labute approximate surface area is 204 Å². The third kappa shape index (κ3) is 5.47. The number of benzene rings is 2. The summed E-state index contributed by atoms with van der Waals surface area (Å²) in [7, 11) is 3.16. The number of fused-ring (bicyclic) bond motifs is 1. The van der Waals surface area contributed by atoms with Gasteiger partial charge in [0.25, 0.3) is 0 Å². The molecule has 34 heavy (non-hydrogen) atoms. The van der Waals surface area contributed by atoms with Crippen LogP contribution in [0.25, 0.3) is 10.9 Å². The average Bonchev–Trinajstić information content (AvgIpc) is 2.79. The van der Waals surface area contributed by atoms with Crippen LogP contribution in [0.15, 0.2) is 42.6 Å². The van der Waals surface area contributed by atoms with Gasteiger partial charge in [0.2, 0.25) is 0 Å². The SMILES string of the molecule is COc1cc2nccc(Oc3ccc(NC(=O)NC4CCCC(C)(C)C4)c(Cl)c3)c2cc1OC. The molecule has 3 aromatic rings. The lowest BCUT2D eigenvalue weighted by atomic mass is 9.75. The fraction of sp³-hybridized carbons (Fsp3) is 0.385. The van der Waals surface area contributed by atoms with Crippen molar-refractivity contribution in [1.29, 1.82) is 0 Å². The molecular weight excluding hydrogens is 454 g/mol. The highest BCUT2D eigenvalue weighted by Gasteiger charge is 2.28. The summed E-state index contributed by atoms with van der Waals surface area (Å²) in [6.45, 7) is 4.49. The zero-order valence-corrected chi connectivity index (χ0v) is 20.7. The molecule has 8 heteroatoms. The first kappa shape index (κ1) is 24.0. The van der Waals surface area contributed by atoms with Gasteiger partial charge in [0.05, 0.1) is 30.4 Å². The van der Waals surface area contributed by atoms with E-state index in [0.29, 0.717) is 39.2 Å². The molecule has 0 saturated heterocycles. The first-order valence-electron chi connectivity index (χ1n) is 11.3. The quantitative estimate of drug-likeness (QED) is 0.403. The molecule has 1 saturated carbocycles. The normalized spacial score (nSPS) is 17.1. The molecule has 0 radical (unpaired) electrons.